The molecule has 0 bridgehead atoms. The highest BCUT2D eigenvalue weighted by Gasteiger charge is 2.20. The summed E-state index contributed by atoms with van der Waals surface area (Å²) in [7, 11) is 1.85. The van der Waals surface area contributed by atoms with Crippen LogP contribution in [0, 0.1) is 12.7 Å². The number of nitrogens with one attached hydrogen (secondary N) is 1. The fourth-order valence-corrected chi connectivity index (χ4v) is 4.59. The first-order chi connectivity index (χ1) is 18.0. The Bertz CT molecular complexity index is 1640. The van der Waals surface area contributed by atoms with Crippen LogP contribution in [-0.4, -0.2) is 29.8 Å². The van der Waals surface area contributed by atoms with Gasteiger partial charge in [0, 0.05) is 47.7 Å². The van der Waals surface area contributed by atoms with Gasteiger partial charge >= 0.3 is 0 Å². The van der Waals surface area contributed by atoms with E-state index in [-0.39, 0.29) is 5.82 Å². The average Bonchev–Trinajstić information content (AvgIpc) is 3.32. The summed E-state index contributed by atoms with van der Waals surface area (Å²) in [4.78, 5) is 13.3. The highest BCUT2D eigenvalue weighted by molar-refractivity contribution is 6.35. The number of anilines is 1. The number of aliphatic hydroxyl groups is 1. The van der Waals surface area contributed by atoms with Crippen LogP contribution in [0.25, 0.3) is 33.2 Å². The summed E-state index contributed by atoms with van der Waals surface area (Å²) < 4.78 is 16.7. The highest BCUT2D eigenvalue weighted by Crippen LogP contribution is 2.37. The van der Waals surface area contributed by atoms with Gasteiger partial charge in [-0.1, -0.05) is 23.7 Å². The molecule has 0 radical (unpaired) electrons. The predicted octanol–water partition coefficient (Wildman–Crippen LogP) is 6.59. The van der Waals surface area contributed by atoms with Crippen LogP contribution in [0.1, 0.15) is 43.9 Å². The lowest BCUT2D eigenvalue weighted by Gasteiger charge is -2.21. The van der Waals surface area contributed by atoms with Crippen molar-refractivity contribution in [3.63, 3.8) is 0 Å². The molecule has 9 heteroatoms. The van der Waals surface area contributed by atoms with Crippen molar-refractivity contribution in [2.24, 2.45) is 7.05 Å². The molecule has 5 aromatic rings. The van der Waals surface area contributed by atoms with Crippen LogP contribution in [0.3, 0.4) is 0 Å². The Hall–Kier alpha value is -3.88. The molecular formula is C29H28ClFN6O. The van der Waals surface area contributed by atoms with Gasteiger partial charge in [-0.05, 0) is 63.1 Å². The Morgan fingerprint density at radius 2 is 1.68 bits per heavy atom. The van der Waals surface area contributed by atoms with Crippen molar-refractivity contribution in [2.75, 3.05) is 5.32 Å². The molecule has 0 saturated heterocycles. The molecule has 0 spiro atoms. The van der Waals surface area contributed by atoms with Crippen LogP contribution in [-0.2, 0) is 12.6 Å². The van der Waals surface area contributed by atoms with Crippen LogP contribution < -0.4 is 5.32 Å². The molecule has 0 unspecified atom stereocenters. The van der Waals surface area contributed by atoms with Gasteiger partial charge in [0.15, 0.2) is 5.82 Å². The van der Waals surface area contributed by atoms with Gasteiger partial charge in [-0.25, -0.2) is 14.4 Å². The molecule has 194 valence electrons. The summed E-state index contributed by atoms with van der Waals surface area (Å²) in [6.07, 6.45) is 7.01. The molecule has 0 fully saturated rings. The van der Waals surface area contributed by atoms with Crippen LogP contribution in [0.15, 0.2) is 61.2 Å². The molecule has 0 aliphatic carbocycles. The van der Waals surface area contributed by atoms with E-state index in [1.165, 1.54) is 6.07 Å². The third-order valence-electron chi connectivity index (χ3n) is 6.49. The van der Waals surface area contributed by atoms with E-state index in [1.807, 2.05) is 51.4 Å². The predicted molar refractivity (Wildman–Crippen MR) is 148 cm³/mol. The van der Waals surface area contributed by atoms with Gasteiger partial charge in [0.05, 0.1) is 34.2 Å². The van der Waals surface area contributed by atoms with E-state index in [1.54, 1.807) is 43.2 Å². The average molecular weight is 531 g/mol. The molecule has 0 aliphatic rings. The van der Waals surface area contributed by atoms with Crippen molar-refractivity contribution in [3.8, 4) is 22.3 Å². The van der Waals surface area contributed by atoms with E-state index in [2.05, 4.69) is 25.4 Å². The summed E-state index contributed by atoms with van der Waals surface area (Å²) in [5, 5.41) is 19.1. The monoisotopic (exact) mass is 530 g/mol. The lowest BCUT2D eigenvalue weighted by molar-refractivity contribution is 0.0687. The number of hydrogen-bond donors (Lipinski definition) is 2. The van der Waals surface area contributed by atoms with Crippen molar-refractivity contribution >= 4 is 28.2 Å². The second-order valence-electron chi connectivity index (χ2n) is 9.98. The third kappa shape index (κ3) is 4.97. The van der Waals surface area contributed by atoms with E-state index >= 15 is 4.39 Å². The number of hydrogen-bond acceptors (Lipinski definition) is 6. The fourth-order valence-electron chi connectivity index (χ4n) is 4.40. The van der Waals surface area contributed by atoms with E-state index in [4.69, 9.17) is 11.6 Å². The maximum atomic E-state index is 15.0. The number of rotatable bonds is 6. The zero-order valence-electron chi connectivity index (χ0n) is 21.8. The van der Waals surface area contributed by atoms with E-state index in [0.29, 0.717) is 27.8 Å². The van der Waals surface area contributed by atoms with Crippen molar-refractivity contribution in [2.45, 2.75) is 39.3 Å². The number of nitrogens with zero attached hydrogens (tertiary/aromatic N) is 5. The first kappa shape index (κ1) is 25.8. The van der Waals surface area contributed by atoms with Crippen molar-refractivity contribution in [1.29, 1.82) is 0 Å². The van der Waals surface area contributed by atoms with Crippen LogP contribution in [0.4, 0.5) is 10.1 Å². The first-order valence-corrected chi connectivity index (χ1v) is 12.6. The van der Waals surface area contributed by atoms with Crippen molar-refractivity contribution in [3.05, 3.63) is 89.1 Å². The molecule has 0 amide bonds. The highest BCUT2D eigenvalue weighted by atomic mass is 35.5. The summed E-state index contributed by atoms with van der Waals surface area (Å²) in [6, 6.07) is 10.5. The molecule has 5 rings (SSSR count). The van der Waals surface area contributed by atoms with Crippen LogP contribution >= 0.6 is 11.6 Å². The number of benzene rings is 2. The molecule has 0 aliphatic heterocycles. The molecule has 2 N–H and O–H groups in total. The fraction of sp³-hybridized carbons (Fsp3) is 0.241. The van der Waals surface area contributed by atoms with Crippen LogP contribution in [0.2, 0.25) is 5.02 Å². The summed E-state index contributed by atoms with van der Waals surface area (Å²) in [5.74, 6) is 0.0303. The number of aryl methyl sites for hydroxylation is 2. The van der Waals surface area contributed by atoms with Gasteiger partial charge in [-0.15, -0.1) is 0 Å². The Morgan fingerprint density at radius 3 is 2.34 bits per heavy atom. The standard InChI is InChI=1S/C29H28ClFN6O/c1-16(22-10-19(6-8-24(22)31)21-14-34-37(5)15-21)36-27-23-11-18(7-9-25(23)35-17(2)26(27)30)20-12-32-28(33-13-20)29(3,4)38/h6-16,38H,1-5H3,(H,35,36)/t16-/m1/s1. The lowest BCUT2D eigenvalue weighted by Crippen LogP contribution is -2.19. The maximum absolute atomic E-state index is 15.0. The molecule has 7 nitrogen and oxygen atoms in total. The van der Waals surface area contributed by atoms with Crippen molar-refractivity contribution < 1.29 is 9.50 Å². The normalized spacial score (nSPS) is 12.6. The largest absolute Gasteiger partial charge is 0.382 e. The SMILES string of the molecule is Cc1nc2ccc(-c3cnc(C(C)(C)O)nc3)cc2c(N[C@H](C)c2cc(-c3cnn(C)c3)ccc2F)c1Cl. The Morgan fingerprint density at radius 1 is 1.00 bits per heavy atom. The summed E-state index contributed by atoms with van der Waals surface area (Å²) in [6.45, 7) is 7.03. The second-order valence-corrected chi connectivity index (χ2v) is 10.4. The topological polar surface area (TPSA) is 88.8 Å². The maximum Gasteiger partial charge on any atom is 0.159 e. The second kappa shape index (κ2) is 9.78. The zero-order chi connectivity index (χ0) is 27.2. The minimum Gasteiger partial charge on any atom is -0.382 e. The Kier molecular flexibility index (Phi) is 6.63. The van der Waals surface area contributed by atoms with Gasteiger partial charge in [0.2, 0.25) is 0 Å². The van der Waals surface area contributed by atoms with E-state index < -0.39 is 11.6 Å². The Balaban J connectivity index is 1.54. The van der Waals surface area contributed by atoms with Gasteiger partial charge in [0.1, 0.15) is 11.4 Å². The number of fused-ring (bicyclic) bond motifs is 1. The summed E-state index contributed by atoms with van der Waals surface area (Å²) in [5.41, 5.74) is 4.91. The van der Waals surface area contributed by atoms with E-state index in [9.17, 15) is 5.11 Å². The molecule has 3 heterocycles. The van der Waals surface area contributed by atoms with Crippen molar-refractivity contribution in [1.82, 2.24) is 24.7 Å². The molecule has 2 aromatic carbocycles. The molecular weight excluding hydrogens is 503 g/mol. The summed E-state index contributed by atoms with van der Waals surface area (Å²) >= 11 is 6.76. The van der Waals surface area contributed by atoms with Gasteiger partial charge < -0.3 is 10.4 Å². The zero-order valence-corrected chi connectivity index (χ0v) is 22.5. The molecule has 1 atom stereocenters. The Labute approximate surface area is 225 Å². The number of pyridine rings is 1. The van der Waals surface area contributed by atoms with Gasteiger partial charge in [-0.2, -0.15) is 5.10 Å². The molecule has 3 aromatic heterocycles. The third-order valence-corrected chi connectivity index (χ3v) is 6.95. The smallest absolute Gasteiger partial charge is 0.159 e. The van der Waals surface area contributed by atoms with E-state index in [0.717, 1.165) is 33.2 Å². The molecule has 38 heavy (non-hydrogen) atoms. The number of aromatic nitrogens is 5. The van der Waals surface area contributed by atoms with Gasteiger partial charge in [-0.3, -0.25) is 9.67 Å². The van der Waals surface area contributed by atoms with Crippen LogP contribution in [0.5, 0.6) is 0 Å². The molecule has 0 saturated carbocycles. The first-order valence-electron chi connectivity index (χ1n) is 12.2. The minimum atomic E-state index is -1.13. The quantitative estimate of drug-likeness (QED) is 0.257. The minimum absolute atomic E-state index is 0.311. The lowest BCUT2D eigenvalue weighted by atomic mass is 10.00. The number of halogens is 2. The van der Waals surface area contributed by atoms with Gasteiger partial charge in [0.25, 0.3) is 0 Å².